The maximum absolute atomic E-state index is 13.6. The van der Waals surface area contributed by atoms with Crippen molar-refractivity contribution in [2.45, 2.75) is 43.8 Å². The third-order valence-corrected chi connectivity index (χ3v) is 7.02. The quantitative estimate of drug-likeness (QED) is 0.516. The average Bonchev–Trinajstić information content (AvgIpc) is 3.53. The summed E-state index contributed by atoms with van der Waals surface area (Å²) in [5.41, 5.74) is 1.70. The van der Waals surface area contributed by atoms with Crippen LogP contribution in [-0.4, -0.2) is 42.7 Å². The number of hydrogen-bond acceptors (Lipinski definition) is 2. The van der Waals surface area contributed by atoms with Gasteiger partial charge in [-0.1, -0.05) is 58.4 Å². The summed E-state index contributed by atoms with van der Waals surface area (Å²) >= 11 is 3.49. The van der Waals surface area contributed by atoms with E-state index in [0.29, 0.717) is 12.8 Å². The van der Waals surface area contributed by atoms with Crippen LogP contribution in [0.2, 0.25) is 0 Å². The normalized spacial score (nSPS) is 22.0. The maximum atomic E-state index is 13.6. The van der Waals surface area contributed by atoms with Crippen molar-refractivity contribution in [3.63, 3.8) is 0 Å². The van der Waals surface area contributed by atoms with Crippen LogP contribution in [0.1, 0.15) is 36.3 Å². The molecular formula is C24H27BrClF3N2O. The van der Waals surface area contributed by atoms with Crippen molar-refractivity contribution in [2.24, 2.45) is 5.41 Å². The molecular weight excluding hydrogens is 505 g/mol. The number of nitrogens with zero attached hydrogens (tertiary/aromatic N) is 1. The van der Waals surface area contributed by atoms with Crippen LogP contribution < -0.4 is 5.32 Å². The van der Waals surface area contributed by atoms with Crippen LogP contribution in [0.3, 0.4) is 0 Å². The zero-order valence-electron chi connectivity index (χ0n) is 17.6. The van der Waals surface area contributed by atoms with Crippen LogP contribution in [0.4, 0.5) is 13.2 Å². The number of alkyl halides is 3. The molecule has 0 spiro atoms. The second-order valence-corrected chi connectivity index (χ2v) is 9.72. The van der Waals surface area contributed by atoms with Crippen LogP contribution in [0.5, 0.6) is 0 Å². The number of piperidine rings is 1. The predicted molar refractivity (Wildman–Crippen MR) is 125 cm³/mol. The van der Waals surface area contributed by atoms with Gasteiger partial charge in [0.15, 0.2) is 0 Å². The van der Waals surface area contributed by atoms with Crippen molar-refractivity contribution in [1.29, 1.82) is 0 Å². The molecule has 0 radical (unpaired) electrons. The van der Waals surface area contributed by atoms with Crippen LogP contribution in [0.15, 0.2) is 59.1 Å². The molecule has 0 bridgehead atoms. The van der Waals surface area contributed by atoms with E-state index in [4.69, 9.17) is 0 Å². The van der Waals surface area contributed by atoms with E-state index in [9.17, 15) is 18.0 Å². The van der Waals surface area contributed by atoms with Gasteiger partial charge in [0.25, 0.3) is 0 Å². The first-order chi connectivity index (χ1) is 14.8. The Bertz CT molecular complexity index is 919. The molecule has 1 aliphatic heterocycles. The number of amides is 1. The van der Waals surface area contributed by atoms with E-state index < -0.39 is 18.1 Å². The van der Waals surface area contributed by atoms with Gasteiger partial charge in [-0.2, -0.15) is 13.2 Å². The number of benzene rings is 2. The van der Waals surface area contributed by atoms with Crippen molar-refractivity contribution in [3.8, 4) is 0 Å². The second-order valence-electron chi connectivity index (χ2n) is 8.81. The van der Waals surface area contributed by atoms with Crippen molar-refractivity contribution in [1.82, 2.24) is 10.2 Å². The highest BCUT2D eigenvalue weighted by Crippen LogP contribution is 2.48. The van der Waals surface area contributed by atoms with E-state index >= 15 is 0 Å². The molecule has 2 aromatic carbocycles. The molecule has 32 heavy (non-hydrogen) atoms. The van der Waals surface area contributed by atoms with E-state index in [1.807, 2.05) is 54.6 Å². The fraction of sp³-hybridized carbons (Fsp3) is 0.458. The Morgan fingerprint density at radius 1 is 1.09 bits per heavy atom. The summed E-state index contributed by atoms with van der Waals surface area (Å²) in [5.74, 6) is -1.74. The van der Waals surface area contributed by atoms with Gasteiger partial charge in [-0.05, 0) is 67.4 Å². The summed E-state index contributed by atoms with van der Waals surface area (Å²) in [5, 5.41) is 3.31. The van der Waals surface area contributed by atoms with Gasteiger partial charge >= 0.3 is 12.1 Å². The summed E-state index contributed by atoms with van der Waals surface area (Å²) in [6.45, 7) is 1.62. The van der Waals surface area contributed by atoms with Gasteiger partial charge in [0, 0.05) is 23.0 Å². The molecule has 1 aliphatic carbocycles. The molecule has 174 valence electrons. The standard InChI is InChI=1S/C24H26BrF3N2O.ClH/c25-19-8-4-5-17(13-19)15-23(9-11-29-12-10-23)16-30(22(31)24(26,27)28)21-14-20(21)18-6-2-1-3-7-18;/h1-8,13,20-21,29H,9-12,14-16H2;1H/t20-,21+;/m0./s1. The lowest BCUT2D eigenvalue weighted by Crippen LogP contribution is -2.51. The molecule has 8 heteroatoms. The lowest BCUT2D eigenvalue weighted by Gasteiger charge is -2.42. The molecule has 1 N–H and O–H groups in total. The third-order valence-electron chi connectivity index (χ3n) is 6.53. The van der Waals surface area contributed by atoms with Gasteiger partial charge < -0.3 is 10.2 Å². The van der Waals surface area contributed by atoms with Crippen LogP contribution in [0, 0.1) is 5.41 Å². The highest BCUT2D eigenvalue weighted by Gasteiger charge is 2.53. The van der Waals surface area contributed by atoms with Gasteiger partial charge in [0.1, 0.15) is 0 Å². The van der Waals surface area contributed by atoms with E-state index in [0.717, 1.165) is 46.4 Å². The first-order valence-electron chi connectivity index (χ1n) is 10.7. The highest BCUT2D eigenvalue weighted by molar-refractivity contribution is 9.10. The Balaban J connectivity index is 0.00000289. The summed E-state index contributed by atoms with van der Waals surface area (Å²) in [6.07, 6.45) is -2.16. The molecule has 3 nitrogen and oxygen atoms in total. The zero-order valence-corrected chi connectivity index (χ0v) is 20.0. The maximum Gasteiger partial charge on any atom is 0.471 e. The van der Waals surface area contributed by atoms with E-state index in [-0.39, 0.29) is 30.3 Å². The van der Waals surface area contributed by atoms with Gasteiger partial charge in [0.2, 0.25) is 0 Å². The highest BCUT2D eigenvalue weighted by atomic mass is 79.9. The molecule has 4 rings (SSSR count). The Morgan fingerprint density at radius 2 is 1.78 bits per heavy atom. The molecule has 1 amide bonds. The van der Waals surface area contributed by atoms with Crippen molar-refractivity contribution < 1.29 is 18.0 Å². The largest absolute Gasteiger partial charge is 0.471 e. The number of carbonyl (C=O) groups excluding carboxylic acids is 1. The van der Waals surface area contributed by atoms with Crippen LogP contribution in [0.25, 0.3) is 0 Å². The molecule has 2 aromatic rings. The first-order valence-corrected chi connectivity index (χ1v) is 11.4. The number of rotatable bonds is 6. The smallest absolute Gasteiger partial charge is 0.331 e. The lowest BCUT2D eigenvalue weighted by atomic mass is 9.73. The van der Waals surface area contributed by atoms with Crippen LogP contribution >= 0.6 is 28.3 Å². The molecule has 0 aromatic heterocycles. The molecule has 2 fully saturated rings. The molecule has 1 saturated heterocycles. The van der Waals surface area contributed by atoms with Crippen LogP contribution in [-0.2, 0) is 11.2 Å². The summed E-state index contributed by atoms with van der Waals surface area (Å²) in [4.78, 5) is 13.7. The molecule has 1 saturated carbocycles. The summed E-state index contributed by atoms with van der Waals surface area (Å²) in [7, 11) is 0. The summed E-state index contributed by atoms with van der Waals surface area (Å²) < 4.78 is 41.6. The number of carbonyl (C=O) groups is 1. The Morgan fingerprint density at radius 3 is 2.41 bits per heavy atom. The molecule has 1 heterocycles. The van der Waals surface area contributed by atoms with Crippen molar-refractivity contribution in [3.05, 3.63) is 70.2 Å². The second kappa shape index (κ2) is 10.1. The topological polar surface area (TPSA) is 32.3 Å². The third kappa shape index (κ3) is 5.86. The number of hydrogen-bond donors (Lipinski definition) is 1. The number of nitrogens with one attached hydrogen (secondary N) is 1. The monoisotopic (exact) mass is 530 g/mol. The van der Waals surface area contributed by atoms with E-state index in [1.54, 1.807) is 0 Å². The van der Waals surface area contributed by atoms with Gasteiger partial charge in [-0.15, -0.1) is 12.4 Å². The lowest BCUT2D eigenvalue weighted by molar-refractivity contribution is -0.188. The SMILES string of the molecule is Cl.O=C(N(CC1(Cc2cccc(Br)c2)CCNCC1)[C@@H]1C[C@H]1c1ccccc1)C(F)(F)F. The van der Waals surface area contributed by atoms with Gasteiger partial charge in [-0.25, -0.2) is 0 Å². The van der Waals surface area contributed by atoms with Crippen molar-refractivity contribution >= 4 is 34.2 Å². The van der Waals surface area contributed by atoms with E-state index in [2.05, 4.69) is 21.2 Å². The Labute approximate surface area is 201 Å². The zero-order chi connectivity index (χ0) is 22.1. The average molecular weight is 532 g/mol. The Kier molecular flexibility index (Phi) is 7.94. The fourth-order valence-electron chi connectivity index (χ4n) is 4.88. The minimum absolute atomic E-state index is 0. The predicted octanol–water partition coefficient (Wildman–Crippen LogP) is 5.73. The molecule has 0 unspecified atom stereocenters. The number of halogens is 5. The van der Waals surface area contributed by atoms with Gasteiger partial charge in [0.05, 0.1) is 0 Å². The molecule has 2 atom stereocenters. The van der Waals surface area contributed by atoms with E-state index in [1.165, 1.54) is 0 Å². The summed E-state index contributed by atoms with van der Waals surface area (Å²) in [6, 6.07) is 17.0. The van der Waals surface area contributed by atoms with Gasteiger partial charge in [-0.3, -0.25) is 4.79 Å². The minimum atomic E-state index is -4.87. The molecule has 2 aliphatic rings. The Hall–Kier alpha value is -1.57. The van der Waals surface area contributed by atoms with Crippen molar-refractivity contribution in [2.75, 3.05) is 19.6 Å². The fourth-order valence-corrected chi connectivity index (χ4v) is 5.32. The minimum Gasteiger partial charge on any atom is -0.331 e. The first kappa shape index (κ1) is 25.1.